The minimum Gasteiger partial charge on any atom is -0.393 e. The number of aryl methyl sites for hydroxylation is 1. The molecule has 2 unspecified atom stereocenters. The van der Waals surface area contributed by atoms with E-state index < -0.39 is 20.6 Å². The van der Waals surface area contributed by atoms with Crippen LogP contribution < -0.4 is 10.5 Å². The van der Waals surface area contributed by atoms with E-state index in [1.165, 1.54) is 6.07 Å². The Labute approximate surface area is 122 Å². The second-order valence-corrected chi connectivity index (χ2v) is 6.71. The van der Waals surface area contributed by atoms with E-state index in [1.807, 2.05) is 0 Å². The molecule has 2 rings (SSSR count). The van der Waals surface area contributed by atoms with Gasteiger partial charge in [0.05, 0.1) is 22.0 Å². The molecule has 1 aromatic carbocycles. The van der Waals surface area contributed by atoms with Gasteiger partial charge in [0, 0.05) is 12.7 Å². The van der Waals surface area contributed by atoms with Crippen molar-refractivity contribution < 1.29 is 18.1 Å². The second-order valence-electron chi connectivity index (χ2n) is 5.03. The van der Waals surface area contributed by atoms with E-state index in [-0.39, 0.29) is 22.7 Å². The fraction of sp³-hybridized carbons (Fsp3) is 0.500. The first kappa shape index (κ1) is 15.7. The van der Waals surface area contributed by atoms with Crippen LogP contribution in [0.4, 0.5) is 11.4 Å². The van der Waals surface area contributed by atoms with Crippen LogP contribution >= 0.6 is 0 Å². The normalized spacial score (nSPS) is 22.4. The van der Waals surface area contributed by atoms with E-state index in [0.29, 0.717) is 18.6 Å². The largest absolute Gasteiger partial charge is 0.393 e. The van der Waals surface area contributed by atoms with Crippen molar-refractivity contribution in [1.82, 2.24) is 4.72 Å². The molecule has 1 aliphatic heterocycles. The fourth-order valence-electron chi connectivity index (χ4n) is 2.30. The molecule has 0 aromatic heterocycles. The molecule has 1 aliphatic rings. The first-order valence-electron chi connectivity index (χ1n) is 6.41. The smallest absolute Gasteiger partial charge is 0.293 e. The standard InChI is InChI=1S/C12H17N3O5S/c1-7-5-9(13)11(15(16)17)6-12(7)21(18,19)14-10-3-4-20-8(10)2/h5-6,8,10,14H,3-4,13H2,1-2H3. The van der Waals surface area contributed by atoms with Crippen molar-refractivity contribution in [2.75, 3.05) is 12.3 Å². The van der Waals surface area contributed by atoms with E-state index in [4.69, 9.17) is 10.5 Å². The lowest BCUT2D eigenvalue weighted by atomic mass is 10.2. The zero-order valence-electron chi connectivity index (χ0n) is 11.7. The predicted octanol–water partition coefficient (Wildman–Crippen LogP) is 0.941. The molecule has 0 radical (unpaired) electrons. The highest BCUT2D eigenvalue weighted by Crippen LogP contribution is 2.28. The molecule has 0 bridgehead atoms. The zero-order chi connectivity index (χ0) is 15.8. The number of rotatable bonds is 4. The average molecular weight is 315 g/mol. The van der Waals surface area contributed by atoms with Crippen LogP contribution in [0.1, 0.15) is 18.9 Å². The first-order valence-corrected chi connectivity index (χ1v) is 7.89. The molecule has 0 aliphatic carbocycles. The summed E-state index contributed by atoms with van der Waals surface area (Å²) in [5.74, 6) is 0. The van der Waals surface area contributed by atoms with Gasteiger partial charge in [-0.1, -0.05) is 0 Å². The SMILES string of the molecule is Cc1cc(N)c([N+](=O)[O-])cc1S(=O)(=O)NC1CCOC1C. The molecule has 1 aromatic rings. The van der Waals surface area contributed by atoms with Crippen molar-refractivity contribution in [2.45, 2.75) is 37.3 Å². The van der Waals surface area contributed by atoms with Crippen molar-refractivity contribution in [3.05, 3.63) is 27.8 Å². The summed E-state index contributed by atoms with van der Waals surface area (Å²) in [4.78, 5) is 10.1. The van der Waals surface area contributed by atoms with E-state index in [9.17, 15) is 18.5 Å². The number of anilines is 1. The lowest BCUT2D eigenvalue weighted by molar-refractivity contribution is -0.384. The third kappa shape index (κ3) is 3.14. The second kappa shape index (κ2) is 5.58. The van der Waals surface area contributed by atoms with Gasteiger partial charge in [-0.25, -0.2) is 13.1 Å². The summed E-state index contributed by atoms with van der Waals surface area (Å²) in [6.45, 7) is 3.80. The minimum absolute atomic E-state index is 0.0611. The number of nitro benzene ring substituents is 1. The van der Waals surface area contributed by atoms with Crippen LogP contribution in [0.5, 0.6) is 0 Å². The Morgan fingerprint density at radius 1 is 1.48 bits per heavy atom. The molecular formula is C12H17N3O5S. The van der Waals surface area contributed by atoms with Crippen molar-refractivity contribution in [3.63, 3.8) is 0 Å². The van der Waals surface area contributed by atoms with Crippen molar-refractivity contribution >= 4 is 21.4 Å². The van der Waals surface area contributed by atoms with Gasteiger partial charge in [0.1, 0.15) is 5.69 Å². The summed E-state index contributed by atoms with van der Waals surface area (Å²) >= 11 is 0. The van der Waals surface area contributed by atoms with Crippen molar-refractivity contribution in [3.8, 4) is 0 Å². The summed E-state index contributed by atoms with van der Waals surface area (Å²) in [6, 6.07) is 1.94. The maximum atomic E-state index is 12.4. The van der Waals surface area contributed by atoms with Gasteiger partial charge < -0.3 is 10.5 Å². The molecular weight excluding hydrogens is 298 g/mol. The van der Waals surface area contributed by atoms with E-state index in [0.717, 1.165) is 6.07 Å². The highest BCUT2D eigenvalue weighted by atomic mass is 32.2. The molecule has 3 N–H and O–H groups in total. The Hall–Kier alpha value is -1.71. The number of nitrogen functional groups attached to an aromatic ring is 1. The Bertz CT molecular complexity index is 674. The Kier molecular flexibility index (Phi) is 4.17. The van der Waals surface area contributed by atoms with Crippen LogP contribution in [0.2, 0.25) is 0 Å². The van der Waals surface area contributed by atoms with E-state index >= 15 is 0 Å². The van der Waals surface area contributed by atoms with Crippen LogP contribution in [-0.2, 0) is 14.8 Å². The molecule has 0 saturated carbocycles. The molecule has 8 nitrogen and oxygen atoms in total. The molecule has 1 saturated heterocycles. The monoisotopic (exact) mass is 315 g/mol. The highest BCUT2D eigenvalue weighted by molar-refractivity contribution is 7.89. The van der Waals surface area contributed by atoms with Gasteiger partial charge in [-0.05, 0) is 31.9 Å². The fourth-order valence-corrected chi connectivity index (χ4v) is 3.88. The van der Waals surface area contributed by atoms with Gasteiger partial charge in [0.2, 0.25) is 10.0 Å². The number of nitro groups is 1. The number of nitrogens with two attached hydrogens (primary N) is 1. The quantitative estimate of drug-likeness (QED) is 0.484. The molecule has 1 heterocycles. The number of sulfonamides is 1. The van der Waals surface area contributed by atoms with Gasteiger partial charge >= 0.3 is 0 Å². The number of nitrogens with zero attached hydrogens (tertiary/aromatic N) is 1. The van der Waals surface area contributed by atoms with Crippen molar-refractivity contribution in [1.29, 1.82) is 0 Å². The first-order chi connectivity index (χ1) is 9.72. The lowest BCUT2D eigenvalue weighted by Crippen LogP contribution is -2.39. The Morgan fingerprint density at radius 2 is 2.14 bits per heavy atom. The Morgan fingerprint density at radius 3 is 2.67 bits per heavy atom. The number of hydrogen-bond donors (Lipinski definition) is 2. The van der Waals surface area contributed by atoms with Crippen LogP contribution in [-0.4, -0.2) is 32.1 Å². The number of ether oxygens (including phenoxy) is 1. The van der Waals surface area contributed by atoms with Crippen LogP contribution in [0.3, 0.4) is 0 Å². The molecule has 1 fully saturated rings. The van der Waals surface area contributed by atoms with E-state index in [2.05, 4.69) is 4.72 Å². The van der Waals surface area contributed by atoms with Gasteiger partial charge in [-0.3, -0.25) is 10.1 Å². The minimum atomic E-state index is -3.87. The highest BCUT2D eigenvalue weighted by Gasteiger charge is 2.31. The molecule has 0 amide bonds. The molecule has 21 heavy (non-hydrogen) atoms. The number of nitrogens with one attached hydrogen (secondary N) is 1. The van der Waals surface area contributed by atoms with Crippen LogP contribution in [0.25, 0.3) is 0 Å². The number of benzene rings is 1. The van der Waals surface area contributed by atoms with Crippen LogP contribution in [0, 0.1) is 17.0 Å². The predicted molar refractivity (Wildman–Crippen MR) is 76.4 cm³/mol. The summed E-state index contributed by atoms with van der Waals surface area (Å²) in [5, 5.41) is 10.9. The Balaban J connectivity index is 2.40. The topological polar surface area (TPSA) is 125 Å². The molecule has 9 heteroatoms. The summed E-state index contributed by atoms with van der Waals surface area (Å²) in [6.07, 6.45) is 0.333. The maximum Gasteiger partial charge on any atom is 0.293 e. The summed E-state index contributed by atoms with van der Waals surface area (Å²) in [7, 11) is -3.87. The van der Waals surface area contributed by atoms with Gasteiger partial charge in [-0.2, -0.15) is 0 Å². The molecule has 116 valence electrons. The zero-order valence-corrected chi connectivity index (χ0v) is 12.5. The van der Waals surface area contributed by atoms with Gasteiger partial charge in [0.15, 0.2) is 0 Å². The van der Waals surface area contributed by atoms with Crippen LogP contribution in [0.15, 0.2) is 17.0 Å². The average Bonchev–Trinajstić information content (AvgIpc) is 2.73. The number of hydrogen-bond acceptors (Lipinski definition) is 6. The maximum absolute atomic E-state index is 12.4. The van der Waals surface area contributed by atoms with Gasteiger partial charge in [0.25, 0.3) is 5.69 Å². The molecule has 2 atom stereocenters. The third-order valence-corrected chi connectivity index (χ3v) is 5.13. The van der Waals surface area contributed by atoms with Gasteiger partial charge in [-0.15, -0.1) is 0 Å². The summed E-state index contributed by atoms with van der Waals surface area (Å²) < 4.78 is 32.7. The summed E-state index contributed by atoms with van der Waals surface area (Å²) in [5.41, 5.74) is 5.42. The van der Waals surface area contributed by atoms with Crippen molar-refractivity contribution in [2.24, 2.45) is 0 Å². The van der Waals surface area contributed by atoms with E-state index in [1.54, 1.807) is 13.8 Å². The third-order valence-electron chi connectivity index (χ3n) is 3.49. The lowest BCUT2D eigenvalue weighted by Gasteiger charge is -2.17. The molecule has 0 spiro atoms.